The van der Waals surface area contributed by atoms with Crippen molar-refractivity contribution >= 4 is 45.9 Å². The molecule has 0 fully saturated rings. The summed E-state index contributed by atoms with van der Waals surface area (Å²) in [4.78, 5) is 20.3. The molecule has 20 heavy (non-hydrogen) atoms. The van der Waals surface area contributed by atoms with E-state index >= 15 is 0 Å². The van der Waals surface area contributed by atoms with Crippen molar-refractivity contribution in [2.75, 3.05) is 17.3 Å². The van der Waals surface area contributed by atoms with Crippen molar-refractivity contribution in [2.24, 2.45) is 0 Å². The first-order chi connectivity index (χ1) is 9.56. The van der Waals surface area contributed by atoms with E-state index in [2.05, 4.69) is 25.5 Å². The molecule has 0 bridgehead atoms. The van der Waals surface area contributed by atoms with Crippen LogP contribution in [-0.2, 0) is 4.79 Å². The normalized spacial score (nSPS) is 10.6. The molecular weight excluding hydrogens is 314 g/mol. The monoisotopic (exact) mass is 327 g/mol. The van der Waals surface area contributed by atoms with Crippen LogP contribution in [0.5, 0.6) is 0 Å². The molecule has 0 aliphatic heterocycles. The number of aromatic nitrogens is 4. The van der Waals surface area contributed by atoms with Gasteiger partial charge in [-0.1, -0.05) is 34.9 Å². The van der Waals surface area contributed by atoms with Gasteiger partial charge in [0.05, 0.1) is 5.75 Å². The minimum Gasteiger partial charge on any atom is -0.300 e. The zero-order valence-electron chi connectivity index (χ0n) is 11.2. The molecule has 1 amide bonds. The number of nitrogens with zero attached hydrogens (tertiary/aromatic N) is 4. The Labute approximate surface area is 129 Å². The third-order valence-electron chi connectivity index (χ3n) is 2.12. The number of anilines is 1. The van der Waals surface area contributed by atoms with Gasteiger partial charge in [0.2, 0.25) is 11.0 Å². The Kier molecular flexibility index (Phi) is 5.32. The van der Waals surface area contributed by atoms with Gasteiger partial charge in [0.1, 0.15) is 0 Å². The summed E-state index contributed by atoms with van der Waals surface area (Å²) in [6.07, 6.45) is 1.92. The van der Waals surface area contributed by atoms with Crippen LogP contribution in [-0.4, -0.2) is 38.1 Å². The van der Waals surface area contributed by atoms with Gasteiger partial charge in [0, 0.05) is 11.4 Å². The minimum absolute atomic E-state index is 0.137. The van der Waals surface area contributed by atoms with E-state index in [4.69, 9.17) is 0 Å². The zero-order chi connectivity index (χ0) is 14.5. The van der Waals surface area contributed by atoms with Crippen molar-refractivity contribution in [3.63, 3.8) is 0 Å². The van der Waals surface area contributed by atoms with E-state index in [9.17, 15) is 4.79 Å². The first kappa shape index (κ1) is 15.2. The van der Waals surface area contributed by atoms with Gasteiger partial charge in [-0.05, 0) is 26.2 Å². The molecule has 0 spiro atoms. The molecule has 2 heterocycles. The van der Waals surface area contributed by atoms with Gasteiger partial charge >= 0.3 is 0 Å². The topological polar surface area (TPSA) is 80.7 Å². The highest BCUT2D eigenvalue weighted by Gasteiger charge is 2.09. The molecule has 0 atom stereocenters. The van der Waals surface area contributed by atoms with Crippen LogP contribution in [0, 0.1) is 13.8 Å². The average Bonchev–Trinajstić information content (AvgIpc) is 2.83. The van der Waals surface area contributed by atoms with Crippen molar-refractivity contribution in [3.05, 3.63) is 17.5 Å². The minimum atomic E-state index is -0.137. The van der Waals surface area contributed by atoms with Gasteiger partial charge in [-0.2, -0.15) is 0 Å². The molecule has 0 unspecified atom stereocenters. The summed E-state index contributed by atoms with van der Waals surface area (Å²) in [6.45, 7) is 3.81. The van der Waals surface area contributed by atoms with E-state index in [-0.39, 0.29) is 11.7 Å². The van der Waals surface area contributed by atoms with Gasteiger partial charge in [-0.15, -0.1) is 10.2 Å². The summed E-state index contributed by atoms with van der Waals surface area (Å²) in [7, 11) is 0. The second-order valence-electron chi connectivity index (χ2n) is 3.85. The van der Waals surface area contributed by atoms with Crippen LogP contribution in [0.2, 0.25) is 0 Å². The standard InChI is InChI=1S/C11H13N5OS3/c1-6-4-7(2)13-9(12-6)19-5-8(17)14-10-15-16-11(18-3)20-10/h4H,5H2,1-3H3,(H,14,15,17). The third-order valence-corrected chi connectivity index (χ3v) is 4.78. The zero-order valence-corrected chi connectivity index (χ0v) is 13.7. The molecule has 2 aromatic rings. The lowest BCUT2D eigenvalue weighted by molar-refractivity contribution is -0.113. The number of hydrogen-bond donors (Lipinski definition) is 1. The first-order valence-corrected chi connectivity index (χ1v) is 8.72. The Balaban J connectivity index is 1.88. The summed E-state index contributed by atoms with van der Waals surface area (Å²) in [5.41, 5.74) is 1.79. The van der Waals surface area contributed by atoms with E-state index in [0.29, 0.717) is 10.3 Å². The predicted molar refractivity (Wildman–Crippen MR) is 82.5 cm³/mol. The van der Waals surface area contributed by atoms with Crippen LogP contribution in [0.4, 0.5) is 5.13 Å². The highest BCUT2D eigenvalue weighted by molar-refractivity contribution is 8.00. The summed E-state index contributed by atoms with van der Waals surface area (Å²) in [6, 6.07) is 1.90. The van der Waals surface area contributed by atoms with Gasteiger partial charge in [0.25, 0.3) is 0 Å². The van der Waals surface area contributed by atoms with Crippen molar-refractivity contribution in [3.8, 4) is 0 Å². The molecule has 106 valence electrons. The second-order valence-corrected chi connectivity index (χ2v) is 6.82. The smallest absolute Gasteiger partial charge is 0.236 e. The lowest BCUT2D eigenvalue weighted by Crippen LogP contribution is -2.14. The van der Waals surface area contributed by atoms with Crippen molar-refractivity contribution in [1.82, 2.24) is 20.2 Å². The quantitative estimate of drug-likeness (QED) is 0.513. The fraction of sp³-hybridized carbons (Fsp3) is 0.364. The van der Waals surface area contributed by atoms with Crippen molar-refractivity contribution < 1.29 is 4.79 Å². The van der Waals surface area contributed by atoms with E-state index in [1.165, 1.54) is 34.9 Å². The van der Waals surface area contributed by atoms with Gasteiger partial charge in [0.15, 0.2) is 9.50 Å². The van der Waals surface area contributed by atoms with Crippen LogP contribution in [0.25, 0.3) is 0 Å². The maximum absolute atomic E-state index is 11.8. The van der Waals surface area contributed by atoms with Crippen molar-refractivity contribution in [2.45, 2.75) is 23.3 Å². The van der Waals surface area contributed by atoms with Crippen molar-refractivity contribution in [1.29, 1.82) is 0 Å². The molecule has 0 aliphatic carbocycles. The molecule has 0 saturated heterocycles. The first-order valence-electron chi connectivity index (χ1n) is 5.69. The Morgan fingerprint density at radius 2 is 2.00 bits per heavy atom. The summed E-state index contributed by atoms with van der Waals surface area (Å²) in [5.74, 6) is 0.110. The van der Waals surface area contributed by atoms with Crippen LogP contribution in [0.15, 0.2) is 15.6 Å². The lowest BCUT2D eigenvalue weighted by Gasteiger charge is -2.02. The predicted octanol–water partition coefficient (Wildman–Crippen LogP) is 2.40. The number of carbonyl (C=O) groups is 1. The van der Waals surface area contributed by atoms with Crippen LogP contribution in [0.1, 0.15) is 11.4 Å². The molecule has 0 saturated carbocycles. The number of nitrogens with one attached hydrogen (secondary N) is 1. The SMILES string of the molecule is CSc1nnc(NC(=O)CSc2nc(C)cc(C)n2)s1. The Hall–Kier alpha value is -1.19. The molecule has 0 aromatic carbocycles. The molecular formula is C11H13N5OS3. The lowest BCUT2D eigenvalue weighted by atomic mass is 10.4. The number of aryl methyl sites for hydroxylation is 2. The third kappa shape index (κ3) is 4.43. The van der Waals surface area contributed by atoms with Crippen LogP contribution < -0.4 is 5.32 Å². The molecule has 2 rings (SSSR count). The maximum Gasteiger partial charge on any atom is 0.236 e. The number of amides is 1. The van der Waals surface area contributed by atoms with Gasteiger partial charge < -0.3 is 0 Å². The number of thioether (sulfide) groups is 2. The molecule has 6 nitrogen and oxygen atoms in total. The van der Waals surface area contributed by atoms with E-state index in [1.807, 2.05) is 26.2 Å². The summed E-state index contributed by atoms with van der Waals surface area (Å²) >= 11 is 4.16. The Bertz CT molecular complexity index is 596. The van der Waals surface area contributed by atoms with Gasteiger partial charge in [-0.3, -0.25) is 10.1 Å². The molecule has 0 aliphatic rings. The molecule has 9 heteroatoms. The summed E-state index contributed by atoms with van der Waals surface area (Å²) < 4.78 is 0.825. The summed E-state index contributed by atoms with van der Waals surface area (Å²) in [5, 5.41) is 11.6. The fourth-order valence-electron chi connectivity index (χ4n) is 1.39. The molecule has 1 N–H and O–H groups in total. The number of carbonyl (C=O) groups excluding carboxylic acids is 1. The van der Waals surface area contributed by atoms with E-state index in [0.717, 1.165) is 15.7 Å². The van der Waals surface area contributed by atoms with Crippen LogP contribution >= 0.6 is 34.9 Å². The van der Waals surface area contributed by atoms with E-state index in [1.54, 1.807) is 0 Å². The highest BCUT2D eigenvalue weighted by Crippen LogP contribution is 2.23. The van der Waals surface area contributed by atoms with E-state index < -0.39 is 0 Å². The van der Waals surface area contributed by atoms with Gasteiger partial charge in [-0.25, -0.2) is 9.97 Å². The average molecular weight is 327 g/mol. The van der Waals surface area contributed by atoms with Crippen LogP contribution in [0.3, 0.4) is 0 Å². The largest absolute Gasteiger partial charge is 0.300 e. The number of hydrogen-bond acceptors (Lipinski definition) is 8. The Morgan fingerprint density at radius 3 is 2.60 bits per heavy atom. The second kappa shape index (κ2) is 7.00. The molecule has 0 radical (unpaired) electrons. The fourth-order valence-corrected chi connectivity index (χ4v) is 3.32. The highest BCUT2D eigenvalue weighted by atomic mass is 32.2. The molecule has 2 aromatic heterocycles. The maximum atomic E-state index is 11.8. The Morgan fingerprint density at radius 1 is 1.30 bits per heavy atom. The number of rotatable bonds is 5.